The number of nitrogens with two attached hydrogens (primary N) is 1. The molecule has 0 bridgehead atoms. The van der Waals surface area contributed by atoms with Gasteiger partial charge < -0.3 is 20.5 Å². The lowest BCUT2D eigenvalue weighted by Gasteiger charge is -2.09. The van der Waals surface area contributed by atoms with E-state index in [-0.39, 0.29) is 0 Å². The summed E-state index contributed by atoms with van der Waals surface area (Å²) in [5.74, 6) is 1.31. The molecule has 2 aromatic rings. The van der Waals surface area contributed by atoms with Crippen LogP contribution in [0.25, 0.3) is 0 Å². The topological polar surface area (TPSA) is 82.3 Å². The predicted molar refractivity (Wildman–Crippen MR) is 77.6 cm³/mol. The van der Waals surface area contributed by atoms with Crippen molar-refractivity contribution >= 4 is 11.6 Å². The lowest BCUT2D eigenvalue weighted by molar-refractivity contribution is 0.373. The van der Waals surface area contributed by atoms with Crippen molar-refractivity contribution in [3.63, 3.8) is 0 Å². The van der Waals surface area contributed by atoms with Gasteiger partial charge in [0.05, 0.1) is 20.3 Å². The van der Waals surface area contributed by atoms with Crippen molar-refractivity contribution in [3.8, 4) is 11.8 Å². The molecule has 0 aliphatic rings. The number of nitrogens with one attached hydrogen (secondary N) is 1. The maximum Gasteiger partial charge on any atom is 0.233 e. The zero-order valence-corrected chi connectivity index (χ0v) is 11.6. The minimum atomic E-state index is 0.424. The lowest BCUT2D eigenvalue weighted by atomic mass is 10.1. The van der Waals surface area contributed by atoms with E-state index < -0.39 is 0 Å². The van der Waals surface area contributed by atoms with Crippen LogP contribution >= 0.6 is 0 Å². The third kappa shape index (κ3) is 3.58. The van der Waals surface area contributed by atoms with Crippen LogP contribution in [0.15, 0.2) is 30.3 Å². The predicted octanol–water partition coefficient (Wildman–Crippen LogP) is 1.74. The molecular weight excluding hydrogens is 256 g/mol. The highest BCUT2D eigenvalue weighted by molar-refractivity contribution is 5.54. The van der Waals surface area contributed by atoms with Crippen LogP contribution < -0.4 is 20.5 Å². The number of rotatable bonds is 6. The van der Waals surface area contributed by atoms with Crippen LogP contribution in [0.3, 0.4) is 0 Å². The van der Waals surface area contributed by atoms with Crippen LogP contribution in [-0.2, 0) is 6.42 Å². The van der Waals surface area contributed by atoms with Crippen molar-refractivity contribution in [2.45, 2.75) is 6.42 Å². The second kappa shape index (κ2) is 6.72. The quantitative estimate of drug-likeness (QED) is 0.835. The molecule has 1 aromatic carbocycles. The maximum atomic E-state index is 5.52. The van der Waals surface area contributed by atoms with Crippen molar-refractivity contribution in [2.24, 2.45) is 5.73 Å². The summed E-state index contributed by atoms with van der Waals surface area (Å²) in [6.07, 6.45) is 0.865. The Morgan fingerprint density at radius 2 is 1.65 bits per heavy atom. The average molecular weight is 274 g/mol. The van der Waals surface area contributed by atoms with Gasteiger partial charge in [-0.3, -0.25) is 0 Å². The van der Waals surface area contributed by atoms with Crippen LogP contribution in [0, 0.1) is 0 Å². The van der Waals surface area contributed by atoms with E-state index in [2.05, 4.69) is 15.3 Å². The van der Waals surface area contributed by atoms with Crippen molar-refractivity contribution in [1.82, 2.24) is 9.97 Å². The molecule has 3 N–H and O–H groups in total. The molecule has 0 radical (unpaired) electrons. The van der Waals surface area contributed by atoms with Crippen molar-refractivity contribution in [1.29, 1.82) is 0 Å². The molecule has 106 valence electrons. The van der Waals surface area contributed by atoms with Gasteiger partial charge in [-0.05, 0) is 30.7 Å². The number of nitrogens with zero attached hydrogens (tertiary/aromatic N) is 2. The van der Waals surface area contributed by atoms with E-state index in [0.29, 0.717) is 24.3 Å². The molecule has 0 atom stereocenters. The van der Waals surface area contributed by atoms with Crippen LogP contribution in [0.5, 0.6) is 11.8 Å². The lowest BCUT2D eigenvalue weighted by Crippen LogP contribution is -2.03. The summed E-state index contributed by atoms with van der Waals surface area (Å²) in [6, 6.07) is 9.58. The van der Waals surface area contributed by atoms with Crippen LogP contribution in [0.2, 0.25) is 0 Å². The fraction of sp³-hybridized carbons (Fsp3) is 0.286. The highest BCUT2D eigenvalue weighted by Gasteiger charge is 2.05. The first kappa shape index (κ1) is 14.1. The molecule has 0 aliphatic carbocycles. The van der Waals surface area contributed by atoms with E-state index in [1.807, 2.05) is 24.3 Å². The number of methoxy groups -OCH3 is 2. The molecular formula is C14H18N4O2. The molecule has 0 amide bonds. The molecule has 0 fully saturated rings. The van der Waals surface area contributed by atoms with Gasteiger partial charge in [-0.25, -0.2) is 0 Å². The van der Waals surface area contributed by atoms with Gasteiger partial charge in [0.15, 0.2) is 0 Å². The Morgan fingerprint density at radius 3 is 2.15 bits per heavy atom. The van der Waals surface area contributed by atoms with E-state index in [0.717, 1.165) is 12.1 Å². The molecule has 2 rings (SSSR count). The van der Waals surface area contributed by atoms with E-state index in [9.17, 15) is 0 Å². The smallest absolute Gasteiger partial charge is 0.233 e. The first-order chi connectivity index (χ1) is 9.75. The standard InChI is InChI=1S/C14H18N4O2/c1-19-12-9-13(20-2)18-14(17-12)16-11-5-3-10(4-6-11)7-8-15/h3-6,9H,7-8,15H2,1-2H3,(H,16,17,18). The van der Waals surface area contributed by atoms with Gasteiger partial charge in [-0.2, -0.15) is 9.97 Å². The van der Waals surface area contributed by atoms with Crippen molar-refractivity contribution < 1.29 is 9.47 Å². The molecule has 0 saturated carbocycles. The second-order valence-electron chi connectivity index (χ2n) is 4.14. The number of ether oxygens (including phenoxy) is 2. The highest BCUT2D eigenvalue weighted by Crippen LogP contribution is 2.20. The Balaban J connectivity index is 2.16. The first-order valence-electron chi connectivity index (χ1n) is 6.28. The van der Waals surface area contributed by atoms with E-state index in [1.54, 1.807) is 20.3 Å². The Kier molecular flexibility index (Phi) is 4.73. The van der Waals surface area contributed by atoms with Gasteiger partial charge in [0.2, 0.25) is 17.7 Å². The Labute approximate surface area is 118 Å². The molecule has 0 aliphatic heterocycles. The number of hydrogen-bond acceptors (Lipinski definition) is 6. The minimum Gasteiger partial charge on any atom is -0.481 e. The number of aromatic nitrogens is 2. The summed E-state index contributed by atoms with van der Waals surface area (Å²) in [4.78, 5) is 8.42. The van der Waals surface area contributed by atoms with Crippen LogP contribution in [0.4, 0.5) is 11.6 Å². The molecule has 6 heteroatoms. The van der Waals surface area contributed by atoms with Gasteiger partial charge >= 0.3 is 0 Å². The molecule has 0 unspecified atom stereocenters. The summed E-state index contributed by atoms with van der Waals surface area (Å²) in [6.45, 7) is 0.642. The van der Waals surface area contributed by atoms with Gasteiger partial charge in [0, 0.05) is 5.69 Å². The molecule has 1 heterocycles. The summed E-state index contributed by atoms with van der Waals surface area (Å²) in [5.41, 5.74) is 7.61. The van der Waals surface area contributed by atoms with E-state index >= 15 is 0 Å². The second-order valence-corrected chi connectivity index (χ2v) is 4.14. The van der Waals surface area contributed by atoms with E-state index in [4.69, 9.17) is 15.2 Å². The Morgan fingerprint density at radius 1 is 1.05 bits per heavy atom. The third-order valence-electron chi connectivity index (χ3n) is 2.74. The third-order valence-corrected chi connectivity index (χ3v) is 2.74. The summed E-state index contributed by atoms with van der Waals surface area (Å²) in [5, 5.41) is 3.11. The SMILES string of the molecule is COc1cc(OC)nc(Nc2ccc(CCN)cc2)n1. The normalized spacial score (nSPS) is 10.2. The number of anilines is 2. The fourth-order valence-corrected chi connectivity index (χ4v) is 1.72. The largest absolute Gasteiger partial charge is 0.481 e. The monoisotopic (exact) mass is 274 g/mol. The Hall–Kier alpha value is -2.34. The zero-order chi connectivity index (χ0) is 14.4. The first-order valence-corrected chi connectivity index (χ1v) is 6.28. The van der Waals surface area contributed by atoms with Crippen molar-refractivity contribution in [2.75, 3.05) is 26.1 Å². The van der Waals surface area contributed by atoms with Gasteiger partial charge in [0.25, 0.3) is 0 Å². The zero-order valence-electron chi connectivity index (χ0n) is 11.6. The maximum absolute atomic E-state index is 5.52. The molecule has 0 spiro atoms. The Bertz CT molecular complexity index is 535. The van der Waals surface area contributed by atoms with Gasteiger partial charge in [-0.15, -0.1) is 0 Å². The molecule has 0 saturated heterocycles. The number of hydrogen-bond donors (Lipinski definition) is 2. The summed E-state index contributed by atoms with van der Waals surface area (Å²) >= 11 is 0. The molecule has 20 heavy (non-hydrogen) atoms. The molecule has 1 aromatic heterocycles. The van der Waals surface area contributed by atoms with Crippen molar-refractivity contribution in [3.05, 3.63) is 35.9 Å². The highest BCUT2D eigenvalue weighted by atomic mass is 16.5. The summed E-state index contributed by atoms with van der Waals surface area (Å²) in [7, 11) is 3.10. The van der Waals surface area contributed by atoms with Crippen LogP contribution in [0.1, 0.15) is 5.56 Å². The van der Waals surface area contributed by atoms with Gasteiger partial charge in [0.1, 0.15) is 0 Å². The minimum absolute atomic E-state index is 0.424. The van der Waals surface area contributed by atoms with Crippen LogP contribution in [-0.4, -0.2) is 30.7 Å². The summed E-state index contributed by atoms with van der Waals surface area (Å²) < 4.78 is 10.2. The average Bonchev–Trinajstić information content (AvgIpc) is 2.49. The van der Waals surface area contributed by atoms with Gasteiger partial charge in [-0.1, -0.05) is 12.1 Å². The van der Waals surface area contributed by atoms with E-state index in [1.165, 1.54) is 5.56 Å². The number of benzene rings is 1. The molecule has 6 nitrogen and oxygen atoms in total. The fourth-order valence-electron chi connectivity index (χ4n) is 1.72.